The van der Waals surface area contributed by atoms with Crippen molar-refractivity contribution in [3.8, 4) is 0 Å². The molecule has 2 aliphatic heterocycles. The zero-order valence-electron chi connectivity index (χ0n) is 17.8. The van der Waals surface area contributed by atoms with E-state index in [1.165, 1.54) is 31.0 Å². The predicted octanol–water partition coefficient (Wildman–Crippen LogP) is 3.60. The molecule has 0 aliphatic carbocycles. The minimum absolute atomic E-state index is 0.0710. The second-order valence-electron chi connectivity index (χ2n) is 7.04. The molecule has 0 radical (unpaired) electrons. The minimum Gasteiger partial charge on any atom is -0.466 e. The first-order valence-corrected chi connectivity index (χ1v) is 10.7. The lowest BCUT2D eigenvalue weighted by Crippen LogP contribution is -2.38. The SMILES string of the molecule is CCC1=C(C(=O)OC)[C@H](c2cccc([N+](=O)[O-])c2)N2C(CC(=O)N(C)CC)=CSC2=N1. The molecule has 9 nitrogen and oxygen atoms in total. The maximum atomic E-state index is 12.8. The third-order valence-corrected chi connectivity index (χ3v) is 6.15. The molecular formula is C21H24N4O5S. The van der Waals surface area contributed by atoms with Gasteiger partial charge in [0.15, 0.2) is 5.17 Å². The van der Waals surface area contributed by atoms with Gasteiger partial charge >= 0.3 is 5.97 Å². The molecule has 1 aromatic rings. The molecule has 0 spiro atoms. The molecule has 0 bridgehead atoms. The van der Waals surface area contributed by atoms with Crippen molar-refractivity contribution in [3.05, 3.63) is 62.3 Å². The van der Waals surface area contributed by atoms with Gasteiger partial charge in [0.05, 0.1) is 35.8 Å². The van der Waals surface area contributed by atoms with Gasteiger partial charge in [-0.3, -0.25) is 14.9 Å². The summed E-state index contributed by atoms with van der Waals surface area (Å²) in [6, 6.07) is 5.48. The maximum absolute atomic E-state index is 12.8. The lowest BCUT2D eigenvalue weighted by molar-refractivity contribution is -0.384. The van der Waals surface area contributed by atoms with Crippen LogP contribution in [-0.4, -0.2) is 52.5 Å². The van der Waals surface area contributed by atoms with Crippen molar-refractivity contribution in [2.24, 2.45) is 4.99 Å². The second kappa shape index (κ2) is 9.34. The number of aliphatic imine (C=N–C) groups is 1. The summed E-state index contributed by atoms with van der Waals surface area (Å²) in [5.74, 6) is -0.623. The van der Waals surface area contributed by atoms with Crippen molar-refractivity contribution in [2.75, 3.05) is 20.7 Å². The Kier molecular flexibility index (Phi) is 6.79. The number of rotatable bonds is 7. The van der Waals surface area contributed by atoms with E-state index in [9.17, 15) is 19.7 Å². The van der Waals surface area contributed by atoms with Crippen LogP contribution in [0.25, 0.3) is 0 Å². The average Bonchev–Trinajstić information content (AvgIpc) is 3.18. The molecule has 1 atom stereocenters. The predicted molar refractivity (Wildman–Crippen MR) is 118 cm³/mol. The molecule has 2 aliphatic rings. The van der Waals surface area contributed by atoms with Gasteiger partial charge in [-0.05, 0) is 24.3 Å². The molecule has 0 N–H and O–H groups in total. The van der Waals surface area contributed by atoms with Gasteiger partial charge in [-0.15, -0.1) is 0 Å². The number of hydrogen-bond donors (Lipinski definition) is 0. The van der Waals surface area contributed by atoms with Crippen molar-refractivity contribution in [1.82, 2.24) is 9.80 Å². The molecule has 1 amide bonds. The van der Waals surface area contributed by atoms with Crippen LogP contribution in [0.2, 0.25) is 0 Å². The van der Waals surface area contributed by atoms with Gasteiger partial charge in [0.2, 0.25) is 5.91 Å². The molecule has 31 heavy (non-hydrogen) atoms. The molecule has 164 valence electrons. The number of amidine groups is 1. The van der Waals surface area contributed by atoms with E-state index < -0.39 is 16.9 Å². The van der Waals surface area contributed by atoms with E-state index in [2.05, 4.69) is 4.99 Å². The fourth-order valence-electron chi connectivity index (χ4n) is 3.50. The van der Waals surface area contributed by atoms with E-state index >= 15 is 0 Å². The number of esters is 1. The third-order valence-electron chi connectivity index (χ3n) is 5.26. The second-order valence-corrected chi connectivity index (χ2v) is 7.87. The number of methoxy groups -OCH3 is 1. The number of nitrogens with zero attached hydrogens (tertiary/aromatic N) is 4. The van der Waals surface area contributed by atoms with Gasteiger partial charge in [-0.25, -0.2) is 9.79 Å². The van der Waals surface area contributed by atoms with Gasteiger partial charge in [0.25, 0.3) is 5.69 Å². The topological polar surface area (TPSA) is 105 Å². The number of thioether (sulfide) groups is 1. The number of non-ortho nitro benzene ring substituents is 1. The molecule has 0 saturated heterocycles. The number of nitro groups is 1. The molecule has 10 heteroatoms. The van der Waals surface area contributed by atoms with E-state index in [0.29, 0.717) is 40.7 Å². The van der Waals surface area contributed by atoms with E-state index in [4.69, 9.17) is 4.74 Å². The Morgan fingerprint density at radius 1 is 1.35 bits per heavy atom. The molecule has 1 aromatic carbocycles. The van der Waals surface area contributed by atoms with Crippen LogP contribution in [0.4, 0.5) is 5.69 Å². The number of nitro benzene ring substituents is 1. The molecule has 3 rings (SSSR count). The summed E-state index contributed by atoms with van der Waals surface area (Å²) in [6.07, 6.45) is 0.609. The lowest BCUT2D eigenvalue weighted by atomic mass is 9.92. The fourth-order valence-corrected chi connectivity index (χ4v) is 4.44. The van der Waals surface area contributed by atoms with Crippen molar-refractivity contribution in [1.29, 1.82) is 0 Å². The minimum atomic E-state index is -0.684. The number of fused-ring (bicyclic) bond motifs is 1. The molecule has 0 aromatic heterocycles. The molecule has 0 unspecified atom stereocenters. The van der Waals surface area contributed by atoms with Crippen molar-refractivity contribution in [3.63, 3.8) is 0 Å². The highest BCUT2D eigenvalue weighted by molar-refractivity contribution is 8.16. The summed E-state index contributed by atoms with van der Waals surface area (Å²) in [4.78, 5) is 44.4. The number of carbonyl (C=O) groups is 2. The number of carbonyl (C=O) groups excluding carboxylic acids is 2. The van der Waals surface area contributed by atoms with E-state index in [0.717, 1.165) is 0 Å². The van der Waals surface area contributed by atoms with Gasteiger partial charge in [-0.1, -0.05) is 30.8 Å². The number of amides is 1. The van der Waals surface area contributed by atoms with Gasteiger partial charge < -0.3 is 14.5 Å². The first kappa shape index (κ1) is 22.5. The van der Waals surface area contributed by atoms with Gasteiger partial charge in [0.1, 0.15) is 0 Å². The standard InChI is InChI=1S/C21H24N4O5S/c1-5-16-18(20(27)30-4)19(13-8-7-9-14(10-13)25(28)29)24-15(12-31-21(24)22-16)11-17(26)23(3)6-2/h7-10,12,19H,5-6,11H2,1-4H3/t19-/m0/s1. The number of allylic oxidation sites excluding steroid dienone is 1. The number of hydrogen-bond acceptors (Lipinski definition) is 8. The Morgan fingerprint density at radius 2 is 2.10 bits per heavy atom. The smallest absolute Gasteiger partial charge is 0.338 e. The highest BCUT2D eigenvalue weighted by Gasteiger charge is 2.42. The largest absolute Gasteiger partial charge is 0.466 e. The van der Waals surface area contributed by atoms with E-state index in [1.807, 2.05) is 24.2 Å². The van der Waals surface area contributed by atoms with Crippen molar-refractivity contribution in [2.45, 2.75) is 32.7 Å². The number of ether oxygens (including phenoxy) is 1. The average molecular weight is 445 g/mol. The lowest BCUT2D eigenvalue weighted by Gasteiger charge is -2.36. The Hall–Kier alpha value is -3.14. The molecular weight excluding hydrogens is 420 g/mol. The highest BCUT2D eigenvalue weighted by Crippen LogP contribution is 2.45. The molecule has 2 heterocycles. The van der Waals surface area contributed by atoms with E-state index in [-0.39, 0.29) is 18.0 Å². The zero-order chi connectivity index (χ0) is 22.7. The molecule has 0 fully saturated rings. The monoisotopic (exact) mass is 444 g/mol. The van der Waals surface area contributed by atoms with Crippen molar-refractivity contribution < 1.29 is 19.2 Å². The Labute approximate surface area is 184 Å². The van der Waals surface area contributed by atoms with Crippen LogP contribution in [0.15, 0.2) is 51.6 Å². The van der Waals surface area contributed by atoms with Crippen molar-refractivity contribution >= 4 is 34.5 Å². The van der Waals surface area contributed by atoms with Gasteiger partial charge in [-0.2, -0.15) is 0 Å². The van der Waals surface area contributed by atoms with Crippen LogP contribution >= 0.6 is 11.8 Å². The third kappa shape index (κ3) is 4.34. The van der Waals surface area contributed by atoms with Crippen LogP contribution in [0, 0.1) is 10.1 Å². The zero-order valence-corrected chi connectivity index (χ0v) is 18.6. The summed E-state index contributed by atoms with van der Waals surface area (Å²) < 4.78 is 5.04. The molecule has 0 saturated carbocycles. The van der Waals surface area contributed by atoms with Crippen LogP contribution in [0.1, 0.15) is 38.3 Å². The summed E-state index contributed by atoms with van der Waals surface area (Å²) >= 11 is 1.37. The summed E-state index contributed by atoms with van der Waals surface area (Å²) in [5.41, 5.74) is 2.04. The first-order valence-electron chi connectivity index (χ1n) is 9.85. The summed E-state index contributed by atoms with van der Waals surface area (Å²) in [5, 5.41) is 13.8. The van der Waals surface area contributed by atoms with Gasteiger partial charge in [0, 0.05) is 31.4 Å². The fraction of sp³-hybridized carbons (Fsp3) is 0.381. The normalized spacial score (nSPS) is 17.7. The summed E-state index contributed by atoms with van der Waals surface area (Å²) in [6.45, 7) is 4.35. The number of benzene rings is 1. The first-order chi connectivity index (χ1) is 14.8. The van der Waals surface area contributed by atoms with Crippen LogP contribution < -0.4 is 0 Å². The Bertz CT molecular complexity index is 1020. The highest BCUT2D eigenvalue weighted by atomic mass is 32.2. The van der Waals surface area contributed by atoms with Crippen LogP contribution in [-0.2, 0) is 14.3 Å². The summed E-state index contributed by atoms with van der Waals surface area (Å²) in [7, 11) is 3.02. The van der Waals surface area contributed by atoms with Crippen LogP contribution in [0.3, 0.4) is 0 Å². The maximum Gasteiger partial charge on any atom is 0.338 e. The Morgan fingerprint density at radius 3 is 2.71 bits per heavy atom. The quantitative estimate of drug-likeness (QED) is 0.359. The Balaban J connectivity index is 2.14. The van der Waals surface area contributed by atoms with E-state index in [1.54, 1.807) is 24.1 Å². The van der Waals surface area contributed by atoms with Crippen LogP contribution in [0.5, 0.6) is 0 Å².